The van der Waals surface area contributed by atoms with Crippen LogP contribution in [0.15, 0.2) is 0 Å². The summed E-state index contributed by atoms with van der Waals surface area (Å²) in [6, 6.07) is 0.0816. The number of amides is 2. The topological polar surface area (TPSA) is 84.4 Å². The van der Waals surface area contributed by atoms with Gasteiger partial charge in [-0.25, -0.2) is 4.79 Å². The average molecular weight is 200 g/mol. The van der Waals surface area contributed by atoms with E-state index < -0.39 is 0 Å². The van der Waals surface area contributed by atoms with E-state index in [1.165, 1.54) is 0 Å². The van der Waals surface area contributed by atoms with E-state index in [1.54, 1.807) is 4.90 Å². The third kappa shape index (κ3) is 3.51. The highest BCUT2D eigenvalue weighted by molar-refractivity contribution is 5.72. The molecule has 1 rings (SSSR count). The molecule has 0 spiro atoms. The van der Waals surface area contributed by atoms with Gasteiger partial charge in [-0.05, 0) is 32.4 Å². The number of urea groups is 1. The fraction of sp³-hybridized carbons (Fsp3) is 0.889. The monoisotopic (exact) mass is 200 g/mol. The molecule has 1 heterocycles. The van der Waals surface area contributed by atoms with Gasteiger partial charge in [0.1, 0.15) is 0 Å². The van der Waals surface area contributed by atoms with Gasteiger partial charge in [0.2, 0.25) is 0 Å². The summed E-state index contributed by atoms with van der Waals surface area (Å²) in [6.45, 7) is 3.16. The molecule has 0 aliphatic carbocycles. The van der Waals surface area contributed by atoms with Crippen LogP contribution < -0.4 is 16.8 Å². The van der Waals surface area contributed by atoms with E-state index in [0.717, 1.165) is 38.9 Å². The Hall–Kier alpha value is -0.810. The molecule has 0 aromatic heterocycles. The lowest BCUT2D eigenvalue weighted by Gasteiger charge is -2.32. The Morgan fingerprint density at radius 3 is 3.00 bits per heavy atom. The number of primary amides is 1. The standard InChI is InChI=1S/C9H20N4O/c10-4-2-5-12-8-3-1-6-13(7-8)9(11)14/h8,12H,1-7,10H2,(H2,11,14). The number of nitrogens with one attached hydrogen (secondary N) is 1. The third-order valence-electron chi connectivity index (χ3n) is 2.55. The molecule has 5 heteroatoms. The number of carbonyl (C=O) groups is 1. The van der Waals surface area contributed by atoms with Crippen molar-refractivity contribution in [3.8, 4) is 0 Å². The minimum atomic E-state index is -0.310. The first kappa shape index (κ1) is 11.3. The van der Waals surface area contributed by atoms with Crippen LogP contribution in [0.1, 0.15) is 19.3 Å². The van der Waals surface area contributed by atoms with Crippen molar-refractivity contribution < 1.29 is 4.79 Å². The number of rotatable bonds is 4. The molecule has 0 bridgehead atoms. The number of hydrogen-bond donors (Lipinski definition) is 3. The zero-order chi connectivity index (χ0) is 10.4. The lowest BCUT2D eigenvalue weighted by Crippen LogP contribution is -2.50. The summed E-state index contributed by atoms with van der Waals surface area (Å²) in [7, 11) is 0. The summed E-state index contributed by atoms with van der Waals surface area (Å²) in [6.07, 6.45) is 3.13. The van der Waals surface area contributed by atoms with Gasteiger partial charge < -0.3 is 21.7 Å². The Morgan fingerprint density at radius 1 is 1.57 bits per heavy atom. The maximum absolute atomic E-state index is 10.9. The lowest BCUT2D eigenvalue weighted by atomic mass is 10.1. The third-order valence-corrected chi connectivity index (χ3v) is 2.55. The predicted octanol–water partition coefficient (Wildman–Crippen LogP) is -0.532. The molecular formula is C9H20N4O. The second-order valence-corrected chi connectivity index (χ2v) is 3.72. The highest BCUT2D eigenvalue weighted by Gasteiger charge is 2.20. The van der Waals surface area contributed by atoms with Crippen LogP contribution in [-0.4, -0.2) is 43.2 Å². The van der Waals surface area contributed by atoms with Crippen molar-refractivity contribution >= 4 is 6.03 Å². The fourth-order valence-corrected chi connectivity index (χ4v) is 1.75. The second-order valence-electron chi connectivity index (χ2n) is 3.72. The number of likely N-dealkylation sites (tertiary alicyclic amines) is 1. The van der Waals surface area contributed by atoms with Gasteiger partial charge in [-0.2, -0.15) is 0 Å². The van der Waals surface area contributed by atoms with Crippen molar-refractivity contribution in [2.24, 2.45) is 11.5 Å². The molecule has 1 fully saturated rings. The molecule has 5 nitrogen and oxygen atoms in total. The second kappa shape index (κ2) is 5.82. The summed E-state index contributed by atoms with van der Waals surface area (Å²) >= 11 is 0. The Kier molecular flexibility index (Phi) is 4.69. The highest BCUT2D eigenvalue weighted by atomic mass is 16.2. The van der Waals surface area contributed by atoms with Crippen LogP contribution >= 0.6 is 0 Å². The van der Waals surface area contributed by atoms with E-state index in [1.807, 2.05) is 0 Å². The minimum absolute atomic E-state index is 0.310. The van der Waals surface area contributed by atoms with Crippen LogP contribution in [0.5, 0.6) is 0 Å². The molecule has 1 aliphatic rings. The van der Waals surface area contributed by atoms with Gasteiger partial charge in [-0.15, -0.1) is 0 Å². The van der Waals surface area contributed by atoms with Gasteiger partial charge in [-0.1, -0.05) is 0 Å². The zero-order valence-corrected chi connectivity index (χ0v) is 8.54. The normalized spacial score (nSPS) is 22.4. The zero-order valence-electron chi connectivity index (χ0n) is 8.54. The predicted molar refractivity (Wildman–Crippen MR) is 55.9 cm³/mol. The van der Waals surface area contributed by atoms with Crippen LogP contribution in [0.3, 0.4) is 0 Å². The van der Waals surface area contributed by atoms with Gasteiger partial charge in [0.25, 0.3) is 0 Å². The van der Waals surface area contributed by atoms with Gasteiger partial charge in [-0.3, -0.25) is 0 Å². The van der Waals surface area contributed by atoms with Crippen molar-refractivity contribution in [2.45, 2.75) is 25.3 Å². The summed E-state index contributed by atoms with van der Waals surface area (Å²) in [5.74, 6) is 0. The quantitative estimate of drug-likeness (QED) is 0.533. The molecule has 0 aromatic rings. The molecule has 82 valence electrons. The molecule has 1 unspecified atom stereocenters. The summed E-state index contributed by atoms with van der Waals surface area (Å²) in [4.78, 5) is 12.6. The van der Waals surface area contributed by atoms with Gasteiger partial charge in [0.05, 0.1) is 0 Å². The van der Waals surface area contributed by atoms with Crippen molar-refractivity contribution in [3.05, 3.63) is 0 Å². The number of piperidine rings is 1. The molecule has 0 radical (unpaired) electrons. The molecule has 1 aliphatic heterocycles. The molecule has 14 heavy (non-hydrogen) atoms. The van der Waals surface area contributed by atoms with E-state index in [4.69, 9.17) is 11.5 Å². The molecule has 0 saturated carbocycles. The van der Waals surface area contributed by atoms with Crippen LogP contribution in [0.25, 0.3) is 0 Å². The molecule has 0 aromatic carbocycles. The van der Waals surface area contributed by atoms with Crippen LogP contribution in [0.2, 0.25) is 0 Å². The number of nitrogens with two attached hydrogens (primary N) is 2. The van der Waals surface area contributed by atoms with E-state index in [9.17, 15) is 4.79 Å². The minimum Gasteiger partial charge on any atom is -0.351 e. The molecule has 5 N–H and O–H groups in total. The summed E-state index contributed by atoms with van der Waals surface area (Å²) in [5.41, 5.74) is 10.6. The van der Waals surface area contributed by atoms with Gasteiger partial charge in [0, 0.05) is 19.1 Å². The lowest BCUT2D eigenvalue weighted by molar-refractivity contribution is 0.182. The maximum atomic E-state index is 10.9. The maximum Gasteiger partial charge on any atom is 0.314 e. The first-order valence-corrected chi connectivity index (χ1v) is 5.22. The SMILES string of the molecule is NCCCNC1CCCN(C(N)=O)C1. The summed E-state index contributed by atoms with van der Waals surface area (Å²) < 4.78 is 0. The molecule has 1 atom stereocenters. The largest absolute Gasteiger partial charge is 0.351 e. The van der Waals surface area contributed by atoms with Gasteiger partial charge in [0.15, 0.2) is 0 Å². The van der Waals surface area contributed by atoms with E-state index >= 15 is 0 Å². The molecular weight excluding hydrogens is 180 g/mol. The van der Waals surface area contributed by atoms with Crippen molar-refractivity contribution in [1.29, 1.82) is 0 Å². The fourth-order valence-electron chi connectivity index (χ4n) is 1.75. The van der Waals surface area contributed by atoms with Crippen molar-refractivity contribution in [3.63, 3.8) is 0 Å². The van der Waals surface area contributed by atoms with Gasteiger partial charge >= 0.3 is 6.03 Å². The smallest absolute Gasteiger partial charge is 0.314 e. The Morgan fingerprint density at radius 2 is 2.36 bits per heavy atom. The number of carbonyl (C=O) groups excluding carboxylic acids is 1. The van der Waals surface area contributed by atoms with Crippen LogP contribution in [0, 0.1) is 0 Å². The van der Waals surface area contributed by atoms with Crippen LogP contribution in [0.4, 0.5) is 4.79 Å². The number of hydrogen-bond acceptors (Lipinski definition) is 3. The number of nitrogens with zero attached hydrogens (tertiary/aromatic N) is 1. The first-order chi connectivity index (χ1) is 6.74. The van der Waals surface area contributed by atoms with Crippen LogP contribution in [-0.2, 0) is 0 Å². The Bertz CT molecular complexity index is 186. The summed E-state index contributed by atoms with van der Waals surface area (Å²) in [5, 5.41) is 3.38. The Balaban J connectivity index is 2.22. The molecule has 1 saturated heterocycles. The van der Waals surface area contributed by atoms with E-state index in [0.29, 0.717) is 12.6 Å². The average Bonchev–Trinajstić information content (AvgIpc) is 2.19. The van der Waals surface area contributed by atoms with E-state index in [2.05, 4.69) is 5.32 Å². The van der Waals surface area contributed by atoms with Crippen molar-refractivity contribution in [2.75, 3.05) is 26.2 Å². The Labute approximate surface area is 84.8 Å². The highest BCUT2D eigenvalue weighted by Crippen LogP contribution is 2.09. The molecule has 2 amide bonds. The van der Waals surface area contributed by atoms with Crippen molar-refractivity contribution in [1.82, 2.24) is 10.2 Å². The first-order valence-electron chi connectivity index (χ1n) is 5.22. The van der Waals surface area contributed by atoms with E-state index in [-0.39, 0.29) is 6.03 Å².